The third-order valence-corrected chi connectivity index (χ3v) is 4.68. The van der Waals surface area contributed by atoms with Crippen molar-refractivity contribution in [1.82, 2.24) is 10.3 Å². The Hall–Kier alpha value is -0.910. The summed E-state index contributed by atoms with van der Waals surface area (Å²) in [7, 11) is 0. The van der Waals surface area contributed by atoms with Crippen LogP contribution in [0.25, 0.3) is 0 Å². The minimum absolute atomic E-state index is 0.190. The number of aliphatic hydroxyl groups is 1. The fraction of sp³-hybridized carbons (Fsp3) is 0.643. The normalized spacial score (nSPS) is 30.8. The molecule has 0 saturated carbocycles. The lowest BCUT2D eigenvalue weighted by atomic mass is 9.72. The number of piperidine rings is 2. The van der Waals surface area contributed by atoms with Gasteiger partial charge in [0.25, 0.3) is 0 Å². The Kier molecular flexibility index (Phi) is 3.84. The van der Waals surface area contributed by atoms with E-state index in [1.165, 1.54) is 12.3 Å². The molecule has 0 unspecified atom stereocenters. The molecule has 3 rings (SSSR count). The minimum atomic E-state index is -0.396. The highest BCUT2D eigenvalue weighted by Crippen LogP contribution is 2.38. The van der Waals surface area contributed by atoms with E-state index in [0.717, 1.165) is 38.9 Å². The molecule has 2 fully saturated rings. The van der Waals surface area contributed by atoms with E-state index in [2.05, 4.69) is 10.3 Å². The maximum absolute atomic E-state index is 14.0. The van der Waals surface area contributed by atoms with Gasteiger partial charge in [0.15, 0.2) is 11.6 Å². The molecule has 110 valence electrons. The maximum Gasteiger partial charge on any atom is 0.167 e. The van der Waals surface area contributed by atoms with Gasteiger partial charge in [0.1, 0.15) is 0 Å². The number of anilines is 1. The molecule has 2 atom stereocenters. The van der Waals surface area contributed by atoms with Crippen molar-refractivity contribution in [1.29, 1.82) is 0 Å². The van der Waals surface area contributed by atoms with E-state index in [4.69, 9.17) is 11.6 Å². The highest BCUT2D eigenvalue weighted by molar-refractivity contribution is 6.30. The summed E-state index contributed by atoms with van der Waals surface area (Å²) in [5, 5.41) is 14.0. The van der Waals surface area contributed by atoms with Crippen LogP contribution in [0.1, 0.15) is 19.3 Å². The molecule has 0 aromatic carbocycles. The molecule has 20 heavy (non-hydrogen) atoms. The lowest BCUT2D eigenvalue weighted by molar-refractivity contribution is -0.0103. The van der Waals surface area contributed by atoms with E-state index in [-0.39, 0.29) is 11.5 Å². The zero-order chi connectivity index (χ0) is 14.2. The monoisotopic (exact) mass is 299 g/mol. The van der Waals surface area contributed by atoms with Gasteiger partial charge in [0.05, 0.1) is 11.1 Å². The number of aliphatic hydroxyl groups excluding tert-OH is 1. The molecule has 2 aliphatic rings. The molecule has 1 aromatic heterocycles. The first-order chi connectivity index (χ1) is 9.61. The number of nitrogens with one attached hydrogen (secondary N) is 1. The van der Waals surface area contributed by atoms with Crippen molar-refractivity contribution >= 4 is 17.4 Å². The Bertz CT molecular complexity index is 497. The third kappa shape index (κ3) is 2.50. The summed E-state index contributed by atoms with van der Waals surface area (Å²) in [6.07, 6.45) is 3.79. The molecule has 4 nitrogen and oxygen atoms in total. The molecular formula is C14H19ClFN3O. The molecule has 6 heteroatoms. The van der Waals surface area contributed by atoms with E-state index in [1.54, 1.807) is 0 Å². The summed E-state index contributed by atoms with van der Waals surface area (Å²) in [5.74, 6) is -0.0564. The van der Waals surface area contributed by atoms with Crippen molar-refractivity contribution < 1.29 is 9.50 Å². The predicted molar refractivity (Wildman–Crippen MR) is 76.6 cm³/mol. The molecule has 0 aliphatic carbocycles. The number of nitrogens with zero attached hydrogens (tertiary/aromatic N) is 2. The number of pyridine rings is 1. The van der Waals surface area contributed by atoms with Crippen LogP contribution in [0.4, 0.5) is 10.2 Å². The van der Waals surface area contributed by atoms with Crippen LogP contribution >= 0.6 is 11.6 Å². The van der Waals surface area contributed by atoms with Crippen molar-refractivity contribution in [2.45, 2.75) is 25.4 Å². The first-order valence-corrected chi connectivity index (χ1v) is 7.43. The van der Waals surface area contributed by atoms with Gasteiger partial charge in [-0.2, -0.15) is 0 Å². The second kappa shape index (κ2) is 5.47. The summed E-state index contributed by atoms with van der Waals surface area (Å²) in [4.78, 5) is 6.06. The fourth-order valence-corrected chi connectivity index (χ4v) is 3.54. The van der Waals surface area contributed by atoms with Crippen molar-refractivity contribution in [3.63, 3.8) is 0 Å². The first-order valence-electron chi connectivity index (χ1n) is 7.05. The van der Waals surface area contributed by atoms with Crippen LogP contribution in [0.2, 0.25) is 5.02 Å². The zero-order valence-corrected chi connectivity index (χ0v) is 12.0. The second-order valence-electron chi connectivity index (χ2n) is 5.83. The molecule has 3 heterocycles. The van der Waals surface area contributed by atoms with Gasteiger partial charge in [-0.05, 0) is 31.9 Å². The number of halogens is 2. The van der Waals surface area contributed by atoms with E-state index in [1.807, 2.05) is 4.90 Å². The third-order valence-electron chi connectivity index (χ3n) is 4.47. The van der Waals surface area contributed by atoms with Crippen molar-refractivity contribution in [2.24, 2.45) is 5.41 Å². The lowest BCUT2D eigenvalue weighted by Crippen LogP contribution is -2.58. The number of hydrogen-bond acceptors (Lipinski definition) is 4. The Labute approximate surface area is 122 Å². The van der Waals surface area contributed by atoms with Crippen molar-refractivity contribution in [3.8, 4) is 0 Å². The molecule has 2 N–H and O–H groups in total. The van der Waals surface area contributed by atoms with Crippen LogP contribution in [0.15, 0.2) is 12.3 Å². The molecule has 0 bridgehead atoms. The standard InChI is InChI=1S/C14H19ClFN3O/c15-10-6-11(16)13(18-7-10)19-5-1-3-14(9-19)8-17-4-2-12(14)20/h6-7,12,17,20H,1-5,8-9H2/t12-,14-/m0/s1. The quantitative estimate of drug-likeness (QED) is 0.830. The van der Waals surface area contributed by atoms with Crippen LogP contribution < -0.4 is 10.2 Å². The summed E-state index contributed by atoms with van der Waals surface area (Å²) < 4.78 is 14.0. The molecular weight excluding hydrogens is 281 g/mol. The Morgan fingerprint density at radius 3 is 3.15 bits per heavy atom. The average Bonchev–Trinajstić information content (AvgIpc) is 2.43. The van der Waals surface area contributed by atoms with E-state index in [0.29, 0.717) is 17.4 Å². The smallest absolute Gasteiger partial charge is 0.167 e. The fourth-order valence-electron chi connectivity index (χ4n) is 3.40. The Balaban J connectivity index is 1.84. The SMILES string of the molecule is O[C@H]1CCNC[C@]12CCCN(c1ncc(Cl)cc1F)C2. The number of hydrogen-bond donors (Lipinski definition) is 2. The van der Waals surface area contributed by atoms with E-state index >= 15 is 0 Å². The Morgan fingerprint density at radius 2 is 2.40 bits per heavy atom. The van der Waals surface area contributed by atoms with Gasteiger partial charge >= 0.3 is 0 Å². The topological polar surface area (TPSA) is 48.4 Å². The zero-order valence-electron chi connectivity index (χ0n) is 11.3. The van der Waals surface area contributed by atoms with Crippen LogP contribution in [-0.2, 0) is 0 Å². The van der Waals surface area contributed by atoms with E-state index in [9.17, 15) is 9.50 Å². The highest BCUT2D eigenvalue weighted by atomic mass is 35.5. The number of rotatable bonds is 1. The lowest BCUT2D eigenvalue weighted by Gasteiger charge is -2.48. The van der Waals surface area contributed by atoms with Gasteiger partial charge in [-0.3, -0.25) is 0 Å². The highest BCUT2D eigenvalue weighted by Gasteiger charge is 2.43. The van der Waals surface area contributed by atoms with Crippen molar-refractivity contribution in [2.75, 3.05) is 31.1 Å². The van der Waals surface area contributed by atoms with Gasteiger partial charge in [0, 0.05) is 31.2 Å². The average molecular weight is 300 g/mol. The van der Waals surface area contributed by atoms with E-state index < -0.39 is 5.82 Å². The van der Waals surface area contributed by atoms with Crippen molar-refractivity contribution in [3.05, 3.63) is 23.1 Å². The first kappa shape index (κ1) is 14.0. The maximum atomic E-state index is 14.0. The minimum Gasteiger partial charge on any atom is -0.392 e. The summed E-state index contributed by atoms with van der Waals surface area (Å²) in [5.41, 5.74) is -0.190. The molecule has 1 aromatic rings. The van der Waals surface area contributed by atoms with Gasteiger partial charge in [-0.1, -0.05) is 11.6 Å². The van der Waals surface area contributed by atoms with Crippen LogP contribution in [0.5, 0.6) is 0 Å². The van der Waals surface area contributed by atoms with Crippen LogP contribution in [0, 0.1) is 11.2 Å². The molecule has 0 radical (unpaired) electrons. The largest absolute Gasteiger partial charge is 0.392 e. The predicted octanol–water partition coefficient (Wildman–Crippen LogP) is 1.81. The molecule has 1 spiro atoms. The van der Waals surface area contributed by atoms with Gasteiger partial charge in [0.2, 0.25) is 0 Å². The molecule has 2 saturated heterocycles. The van der Waals surface area contributed by atoms with Gasteiger partial charge in [-0.15, -0.1) is 0 Å². The Morgan fingerprint density at radius 1 is 1.55 bits per heavy atom. The summed E-state index contributed by atoms with van der Waals surface area (Å²) in [6, 6.07) is 1.29. The second-order valence-corrected chi connectivity index (χ2v) is 6.26. The molecule has 2 aliphatic heterocycles. The van der Waals surface area contributed by atoms with Crippen LogP contribution in [0.3, 0.4) is 0 Å². The summed E-state index contributed by atoms with van der Waals surface area (Å²) >= 11 is 5.75. The van der Waals surface area contributed by atoms with Crippen LogP contribution in [-0.4, -0.2) is 42.4 Å². The van der Waals surface area contributed by atoms with Gasteiger partial charge < -0.3 is 15.3 Å². The number of aromatic nitrogens is 1. The summed E-state index contributed by atoms with van der Waals surface area (Å²) in [6.45, 7) is 3.02. The van der Waals surface area contributed by atoms with Gasteiger partial charge in [-0.25, -0.2) is 9.37 Å². The molecule has 0 amide bonds.